The summed E-state index contributed by atoms with van der Waals surface area (Å²) in [5.41, 5.74) is 12.4. The number of primary amides is 1. The molecule has 4 N–H and O–H groups in total. The van der Waals surface area contributed by atoms with Crippen LogP contribution in [0.15, 0.2) is 24.3 Å². The lowest BCUT2D eigenvalue weighted by Gasteiger charge is -2.21. The third-order valence-electron chi connectivity index (χ3n) is 3.30. The fourth-order valence-corrected chi connectivity index (χ4v) is 2.13. The van der Waals surface area contributed by atoms with Crippen LogP contribution >= 0.6 is 0 Å². The minimum Gasteiger partial charge on any atom is -0.397 e. The number of carbonyl (C=O) groups excluding carboxylic acids is 2. The van der Waals surface area contributed by atoms with Crippen LogP contribution in [0.3, 0.4) is 0 Å². The Morgan fingerprint density at radius 1 is 1.37 bits per heavy atom. The molecule has 1 aliphatic heterocycles. The summed E-state index contributed by atoms with van der Waals surface area (Å²) in [6.07, 6.45) is 0. The molecule has 1 heterocycles. The molecule has 0 aliphatic carbocycles. The number of hydrogen-bond acceptors (Lipinski definition) is 3. The van der Waals surface area contributed by atoms with Gasteiger partial charge in [0.1, 0.15) is 0 Å². The van der Waals surface area contributed by atoms with Crippen molar-refractivity contribution in [1.29, 1.82) is 0 Å². The molecule has 1 saturated heterocycles. The second-order valence-electron chi connectivity index (χ2n) is 4.74. The Morgan fingerprint density at radius 3 is 2.68 bits per heavy atom. The van der Waals surface area contributed by atoms with Gasteiger partial charge in [-0.25, -0.2) is 4.79 Å². The van der Waals surface area contributed by atoms with Crippen LogP contribution in [-0.2, 0) is 4.79 Å². The summed E-state index contributed by atoms with van der Waals surface area (Å²) in [7, 11) is 0. The second-order valence-corrected chi connectivity index (χ2v) is 4.74. The van der Waals surface area contributed by atoms with Crippen LogP contribution in [0.2, 0.25) is 0 Å². The number of rotatable bonds is 4. The molecule has 3 amide bonds. The normalized spacial score (nSPS) is 16.8. The average molecular weight is 262 g/mol. The monoisotopic (exact) mass is 262 g/mol. The predicted molar refractivity (Wildman–Crippen MR) is 73.5 cm³/mol. The van der Waals surface area contributed by atoms with Crippen LogP contribution in [0.4, 0.5) is 16.2 Å². The summed E-state index contributed by atoms with van der Waals surface area (Å²) in [6, 6.07) is 7.11. The standard InChI is InChI=1S/C13H18N4O2/c1-9(12(15)18)8-16-6-7-17(13(16)19)11-5-3-2-4-10(11)14/h2-5,9H,6-8,14H2,1H3,(H2,15,18). The minimum atomic E-state index is -0.398. The molecule has 1 aromatic carbocycles. The largest absolute Gasteiger partial charge is 0.397 e. The highest BCUT2D eigenvalue weighted by molar-refractivity contribution is 5.97. The molecule has 6 nitrogen and oxygen atoms in total. The first-order valence-electron chi connectivity index (χ1n) is 6.21. The molecule has 0 saturated carbocycles. The number of hydrogen-bond donors (Lipinski definition) is 2. The van der Waals surface area contributed by atoms with Crippen molar-refractivity contribution in [3.05, 3.63) is 24.3 Å². The second kappa shape index (κ2) is 5.17. The van der Waals surface area contributed by atoms with Gasteiger partial charge in [0.25, 0.3) is 0 Å². The van der Waals surface area contributed by atoms with Gasteiger partial charge in [0.05, 0.1) is 17.3 Å². The minimum absolute atomic E-state index is 0.133. The molecule has 0 aromatic heterocycles. The Labute approximate surface area is 112 Å². The van der Waals surface area contributed by atoms with Crippen LogP contribution < -0.4 is 16.4 Å². The molecule has 1 unspecified atom stereocenters. The van der Waals surface area contributed by atoms with E-state index >= 15 is 0 Å². The first-order chi connectivity index (χ1) is 9.00. The van der Waals surface area contributed by atoms with Gasteiger partial charge in [-0.05, 0) is 12.1 Å². The van der Waals surface area contributed by atoms with Crippen LogP contribution in [0.5, 0.6) is 0 Å². The molecule has 2 rings (SSSR count). The van der Waals surface area contributed by atoms with Crippen molar-refractivity contribution in [3.63, 3.8) is 0 Å². The number of amides is 3. The number of nitrogens with two attached hydrogens (primary N) is 2. The molecule has 0 bridgehead atoms. The number of urea groups is 1. The van der Waals surface area contributed by atoms with Gasteiger partial charge in [0.15, 0.2) is 0 Å². The third-order valence-corrected chi connectivity index (χ3v) is 3.30. The molecule has 0 spiro atoms. The van der Waals surface area contributed by atoms with E-state index in [0.29, 0.717) is 31.0 Å². The zero-order valence-corrected chi connectivity index (χ0v) is 10.9. The lowest BCUT2D eigenvalue weighted by Crippen LogP contribution is -2.38. The van der Waals surface area contributed by atoms with Crippen LogP contribution in [-0.4, -0.2) is 36.5 Å². The molecule has 1 aliphatic rings. The van der Waals surface area contributed by atoms with Gasteiger partial charge in [-0.1, -0.05) is 19.1 Å². The number of nitrogens with zero attached hydrogens (tertiary/aromatic N) is 2. The van der Waals surface area contributed by atoms with Crippen molar-refractivity contribution >= 4 is 23.3 Å². The van der Waals surface area contributed by atoms with Crippen molar-refractivity contribution in [2.45, 2.75) is 6.92 Å². The maximum Gasteiger partial charge on any atom is 0.324 e. The average Bonchev–Trinajstić information content (AvgIpc) is 2.72. The molecule has 6 heteroatoms. The smallest absolute Gasteiger partial charge is 0.324 e. The Kier molecular flexibility index (Phi) is 3.59. The predicted octanol–water partition coefficient (Wildman–Crippen LogP) is 0.632. The number of nitrogen functional groups attached to an aromatic ring is 1. The van der Waals surface area contributed by atoms with E-state index in [9.17, 15) is 9.59 Å². The van der Waals surface area contributed by atoms with Gasteiger partial charge in [-0.3, -0.25) is 9.69 Å². The van der Waals surface area contributed by atoms with Crippen molar-refractivity contribution in [2.75, 3.05) is 30.3 Å². The first-order valence-corrected chi connectivity index (χ1v) is 6.21. The number of carbonyl (C=O) groups is 2. The van der Waals surface area contributed by atoms with Gasteiger partial charge in [-0.15, -0.1) is 0 Å². The van der Waals surface area contributed by atoms with E-state index in [1.807, 2.05) is 18.2 Å². The fourth-order valence-electron chi connectivity index (χ4n) is 2.13. The highest BCUT2D eigenvalue weighted by Gasteiger charge is 2.31. The molecule has 1 aromatic rings. The van der Waals surface area contributed by atoms with Gasteiger partial charge in [0.2, 0.25) is 5.91 Å². The highest BCUT2D eigenvalue weighted by Crippen LogP contribution is 2.26. The zero-order chi connectivity index (χ0) is 14.0. The highest BCUT2D eigenvalue weighted by atomic mass is 16.2. The van der Waals surface area contributed by atoms with E-state index in [4.69, 9.17) is 11.5 Å². The summed E-state index contributed by atoms with van der Waals surface area (Å²) in [5, 5.41) is 0. The first kappa shape index (κ1) is 13.2. The molecular formula is C13H18N4O2. The number of anilines is 2. The van der Waals surface area contributed by atoms with Crippen molar-refractivity contribution in [3.8, 4) is 0 Å². The third kappa shape index (κ3) is 2.62. The van der Waals surface area contributed by atoms with E-state index in [1.165, 1.54) is 0 Å². The summed E-state index contributed by atoms with van der Waals surface area (Å²) < 4.78 is 0. The van der Waals surface area contributed by atoms with Crippen LogP contribution in [0.1, 0.15) is 6.92 Å². The number of para-hydroxylation sites is 2. The summed E-state index contributed by atoms with van der Waals surface area (Å²) in [5.74, 6) is -0.748. The van der Waals surface area contributed by atoms with E-state index in [-0.39, 0.29) is 11.9 Å². The maximum absolute atomic E-state index is 12.3. The van der Waals surface area contributed by atoms with Gasteiger partial charge in [0, 0.05) is 19.6 Å². The van der Waals surface area contributed by atoms with Crippen molar-refractivity contribution in [2.24, 2.45) is 11.7 Å². The topological polar surface area (TPSA) is 92.7 Å². The summed E-state index contributed by atoms with van der Waals surface area (Å²) in [6.45, 7) is 3.20. The van der Waals surface area contributed by atoms with E-state index in [2.05, 4.69) is 0 Å². The lowest BCUT2D eigenvalue weighted by molar-refractivity contribution is -0.121. The zero-order valence-electron chi connectivity index (χ0n) is 10.9. The maximum atomic E-state index is 12.3. The Bertz CT molecular complexity index is 503. The van der Waals surface area contributed by atoms with Gasteiger partial charge < -0.3 is 16.4 Å². The number of benzene rings is 1. The van der Waals surface area contributed by atoms with Crippen LogP contribution in [0, 0.1) is 5.92 Å². The Morgan fingerprint density at radius 2 is 2.05 bits per heavy atom. The molecule has 0 radical (unpaired) electrons. The van der Waals surface area contributed by atoms with E-state index < -0.39 is 5.91 Å². The van der Waals surface area contributed by atoms with Crippen molar-refractivity contribution < 1.29 is 9.59 Å². The SMILES string of the molecule is CC(CN1CCN(c2ccccc2N)C1=O)C(N)=O. The Balaban J connectivity index is 2.10. The van der Waals surface area contributed by atoms with Crippen LogP contribution in [0.25, 0.3) is 0 Å². The van der Waals surface area contributed by atoms with E-state index in [1.54, 1.807) is 22.8 Å². The lowest BCUT2D eigenvalue weighted by atomic mass is 10.1. The molecule has 1 atom stereocenters. The molecule has 1 fully saturated rings. The molecule has 19 heavy (non-hydrogen) atoms. The van der Waals surface area contributed by atoms with Crippen molar-refractivity contribution in [1.82, 2.24) is 4.90 Å². The van der Waals surface area contributed by atoms with E-state index in [0.717, 1.165) is 0 Å². The van der Waals surface area contributed by atoms with Gasteiger partial charge >= 0.3 is 6.03 Å². The summed E-state index contributed by atoms with van der Waals surface area (Å²) in [4.78, 5) is 26.6. The fraction of sp³-hybridized carbons (Fsp3) is 0.385. The quantitative estimate of drug-likeness (QED) is 0.779. The molecular weight excluding hydrogens is 244 g/mol. The molecule has 102 valence electrons. The van der Waals surface area contributed by atoms with Gasteiger partial charge in [-0.2, -0.15) is 0 Å². The Hall–Kier alpha value is -2.24. The summed E-state index contributed by atoms with van der Waals surface area (Å²) >= 11 is 0.